The Morgan fingerprint density at radius 3 is 2.32 bits per heavy atom. The minimum atomic E-state index is -1.00. The molecule has 1 atom stereocenters. The van der Waals surface area contributed by atoms with Crippen LogP contribution in [-0.4, -0.2) is 68.5 Å². The van der Waals surface area contributed by atoms with Crippen LogP contribution in [0.2, 0.25) is 0 Å². The molecule has 1 aromatic carbocycles. The number of carboxylic acid groups (broad SMARTS) is 1. The number of nitrogens with zero attached hydrogens (tertiary/aromatic N) is 4. The van der Waals surface area contributed by atoms with Crippen LogP contribution in [-0.2, 0) is 6.54 Å². The van der Waals surface area contributed by atoms with E-state index in [4.69, 9.17) is 5.11 Å². The number of urea groups is 1. The quantitative estimate of drug-likeness (QED) is 0.681. The zero-order valence-corrected chi connectivity index (χ0v) is 19.7. The van der Waals surface area contributed by atoms with Crippen LogP contribution in [0.25, 0.3) is 0 Å². The average molecular weight is 463 g/mol. The van der Waals surface area contributed by atoms with Crippen LogP contribution < -0.4 is 0 Å². The number of carbonyl (C=O) groups is 2. The van der Waals surface area contributed by atoms with Crippen molar-refractivity contribution >= 4 is 12.0 Å². The third-order valence-corrected chi connectivity index (χ3v) is 7.77. The lowest BCUT2D eigenvalue weighted by Crippen LogP contribution is -2.48. The van der Waals surface area contributed by atoms with E-state index in [9.17, 15) is 9.59 Å². The molecule has 1 unspecified atom stereocenters. The molecule has 0 radical (unpaired) electrons. The van der Waals surface area contributed by atoms with Crippen LogP contribution in [0.3, 0.4) is 0 Å². The summed E-state index contributed by atoms with van der Waals surface area (Å²) in [6, 6.07) is 14.9. The van der Waals surface area contributed by atoms with E-state index in [0.29, 0.717) is 6.04 Å². The van der Waals surface area contributed by atoms with E-state index in [1.165, 1.54) is 24.8 Å². The van der Waals surface area contributed by atoms with E-state index in [-0.39, 0.29) is 23.8 Å². The van der Waals surface area contributed by atoms with Gasteiger partial charge in [-0.05, 0) is 42.9 Å². The monoisotopic (exact) mass is 462 g/mol. The highest BCUT2D eigenvalue weighted by molar-refractivity contribution is 5.85. The highest BCUT2D eigenvalue weighted by atomic mass is 16.4. The summed E-state index contributed by atoms with van der Waals surface area (Å²) in [5.41, 5.74) is 2.33. The van der Waals surface area contributed by atoms with Crippen LogP contribution in [0.15, 0.2) is 48.7 Å². The van der Waals surface area contributed by atoms with E-state index in [1.807, 2.05) is 12.1 Å². The first kappa shape index (κ1) is 22.8. The topological polar surface area (TPSA) is 77.0 Å². The smallest absolute Gasteiger partial charge is 0.354 e. The lowest BCUT2D eigenvalue weighted by atomic mass is 9.94. The molecule has 2 aliphatic heterocycles. The number of aromatic carboxylic acids is 1. The van der Waals surface area contributed by atoms with Crippen molar-refractivity contribution in [1.82, 2.24) is 19.7 Å². The summed E-state index contributed by atoms with van der Waals surface area (Å²) >= 11 is 0. The number of benzene rings is 1. The van der Waals surface area contributed by atoms with Gasteiger partial charge in [0.2, 0.25) is 0 Å². The second kappa shape index (κ2) is 10.1. The molecule has 1 aliphatic carbocycles. The summed E-state index contributed by atoms with van der Waals surface area (Å²) < 4.78 is 0. The molecule has 180 valence electrons. The molecule has 3 fully saturated rings. The van der Waals surface area contributed by atoms with Gasteiger partial charge in [-0.3, -0.25) is 4.90 Å². The summed E-state index contributed by atoms with van der Waals surface area (Å²) in [5, 5.41) is 9.05. The largest absolute Gasteiger partial charge is 0.477 e. The minimum Gasteiger partial charge on any atom is -0.477 e. The van der Waals surface area contributed by atoms with Crippen molar-refractivity contribution in [2.45, 2.75) is 69.6 Å². The van der Waals surface area contributed by atoms with E-state index in [2.05, 4.69) is 43.9 Å². The number of hydrogen-bond donors (Lipinski definition) is 1. The fraction of sp³-hybridized carbons (Fsp3) is 0.519. The Balaban J connectivity index is 1.26. The molecule has 2 amide bonds. The third kappa shape index (κ3) is 4.80. The van der Waals surface area contributed by atoms with Gasteiger partial charge in [-0.1, -0.05) is 55.7 Å². The van der Waals surface area contributed by atoms with E-state index >= 15 is 0 Å². The highest BCUT2D eigenvalue weighted by Crippen LogP contribution is 2.38. The predicted molar refractivity (Wildman–Crippen MR) is 129 cm³/mol. The van der Waals surface area contributed by atoms with Gasteiger partial charge in [0.25, 0.3) is 0 Å². The number of pyridine rings is 1. The van der Waals surface area contributed by atoms with E-state index in [0.717, 1.165) is 57.4 Å². The molecule has 0 spiro atoms. The SMILES string of the molecule is O=C(O)c1ccc(CN2CCC(N3C(=O)N(C4CCCCC4)CC3c3ccccc3)CC2)cn1. The minimum absolute atomic E-state index is 0.0736. The van der Waals surface area contributed by atoms with Crippen LogP contribution in [0.1, 0.15) is 72.6 Å². The number of amides is 2. The standard InChI is InChI=1S/C27H34N4O3/c32-26(33)24-12-11-20(17-28-24)18-29-15-13-23(14-16-29)31-25(21-7-3-1-4-8-21)19-30(27(31)34)22-9-5-2-6-10-22/h1,3-4,7-8,11-12,17,22-23,25H,2,5-6,9-10,13-16,18-19H2,(H,32,33). The lowest BCUT2D eigenvalue weighted by Gasteiger charge is -2.39. The Hall–Kier alpha value is -2.93. The van der Waals surface area contributed by atoms with Gasteiger partial charge in [0.1, 0.15) is 5.69 Å². The first-order valence-electron chi connectivity index (χ1n) is 12.6. The van der Waals surface area contributed by atoms with Crippen LogP contribution >= 0.6 is 0 Å². The Kier molecular flexibility index (Phi) is 6.81. The summed E-state index contributed by atoms with van der Waals surface area (Å²) in [6.45, 7) is 3.39. The Bertz CT molecular complexity index is 983. The maximum absolute atomic E-state index is 13.7. The molecule has 1 aromatic heterocycles. The van der Waals surface area contributed by atoms with Crippen LogP contribution in [0.4, 0.5) is 4.79 Å². The highest BCUT2D eigenvalue weighted by Gasteiger charge is 2.45. The average Bonchev–Trinajstić information content (AvgIpc) is 3.23. The van der Waals surface area contributed by atoms with Crippen molar-refractivity contribution in [2.24, 2.45) is 0 Å². The molecule has 2 saturated heterocycles. The van der Waals surface area contributed by atoms with Crippen LogP contribution in [0.5, 0.6) is 0 Å². The van der Waals surface area contributed by atoms with E-state index < -0.39 is 5.97 Å². The lowest BCUT2D eigenvalue weighted by molar-refractivity contribution is 0.0690. The number of carbonyl (C=O) groups excluding carboxylic acids is 1. The maximum Gasteiger partial charge on any atom is 0.354 e. The molecule has 0 bridgehead atoms. The fourth-order valence-electron chi connectivity index (χ4n) is 5.94. The summed E-state index contributed by atoms with van der Waals surface area (Å²) in [7, 11) is 0. The van der Waals surface area contributed by atoms with Crippen molar-refractivity contribution in [1.29, 1.82) is 0 Å². The molecular weight excluding hydrogens is 428 g/mol. The molecule has 3 aliphatic rings. The molecule has 1 N–H and O–H groups in total. The molecule has 3 heterocycles. The summed E-state index contributed by atoms with van der Waals surface area (Å²) in [4.78, 5) is 35.6. The van der Waals surface area contributed by atoms with Crippen LogP contribution in [0, 0.1) is 0 Å². The summed E-state index contributed by atoms with van der Waals surface area (Å²) in [6.07, 6.45) is 9.57. The van der Waals surface area contributed by atoms with Gasteiger partial charge in [0.05, 0.1) is 6.04 Å². The number of likely N-dealkylation sites (tertiary alicyclic amines) is 1. The van der Waals surface area contributed by atoms with Crippen molar-refractivity contribution in [3.63, 3.8) is 0 Å². The number of aromatic nitrogens is 1. The van der Waals surface area contributed by atoms with Gasteiger partial charge in [-0.25, -0.2) is 14.6 Å². The van der Waals surface area contributed by atoms with Crippen molar-refractivity contribution in [3.05, 3.63) is 65.5 Å². The second-order valence-electron chi connectivity index (χ2n) is 9.92. The van der Waals surface area contributed by atoms with Gasteiger partial charge in [-0.15, -0.1) is 0 Å². The normalized spacial score (nSPS) is 22.9. The van der Waals surface area contributed by atoms with Gasteiger partial charge < -0.3 is 14.9 Å². The van der Waals surface area contributed by atoms with Crippen molar-refractivity contribution < 1.29 is 14.7 Å². The molecule has 34 heavy (non-hydrogen) atoms. The zero-order chi connectivity index (χ0) is 23.5. The second-order valence-corrected chi connectivity index (χ2v) is 9.92. The number of carboxylic acids is 1. The first-order valence-corrected chi connectivity index (χ1v) is 12.6. The Morgan fingerprint density at radius 2 is 1.68 bits per heavy atom. The molecule has 7 nitrogen and oxygen atoms in total. The Labute approximate surface area is 201 Å². The first-order chi connectivity index (χ1) is 16.6. The fourth-order valence-corrected chi connectivity index (χ4v) is 5.94. The molecule has 7 heteroatoms. The van der Waals surface area contributed by atoms with Gasteiger partial charge >= 0.3 is 12.0 Å². The molecule has 1 saturated carbocycles. The molecular formula is C27H34N4O3. The Morgan fingerprint density at radius 1 is 0.941 bits per heavy atom. The summed E-state index contributed by atoms with van der Waals surface area (Å²) in [5.74, 6) is -1.00. The maximum atomic E-state index is 13.7. The zero-order valence-electron chi connectivity index (χ0n) is 19.7. The number of rotatable bonds is 6. The van der Waals surface area contributed by atoms with E-state index in [1.54, 1.807) is 12.3 Å². The molecule has 5 rings (SSSR count). The van der Waals surface area contributed by atoms with Gasteiger partial charge in [0.15, 0.2) is 0 Å². The predicted octanol–water partition coefficient (Wildman–Crippen LogP) is 4.56. The number of piperidine rings is 1. The third-order valence-electron chi connectivity index (χ3n) is 7.77. The van der Waals surface area contributed by atoms with Crippen molar-refractivity contribution in [3.8, 4) is 0 Å². The van der Waals surface area contributed by atoms with Gasteiger partial charge in [0, 0.05) is 44.5 Å². The van der Waals surface area contributed by atoms with Crippen molar-refractivity contribution in [2.75, 3.05) is 19.6 Å². The number of hydrogen-bond acceptors (Lipinski definition) is 4. The van der Waals surface area contributed by atoms with Gasteiger partial charge in [-0.2, -0.15) is 0 Å². The molecule has 2 aromatic rings.